The molecule has 2 aliphatic rings. The second-order valence-electron chi connectivity index (χ2n) is 6.07. The summed E-state index contributed by atoms with van der Waals surface area (Å²) in [5.74, 6) is 0.345. The van der Waals surface area contributed by atoms with Gasteiger partial charge >= 0.3 is 5.97 Å². The molecule has 0 radical (unpaired) electrons. The average molecular weight is 299 g/mol. The fraction of sp³-hybridized carbons (Fsp3) is 0.867. The number of nitrogens with one attached hydrogen (secondary N) is 1. The van der Waals surface area contributed by atoms with Gasteiger partial charge in [-0.15, -0.1) is 11.8 Å². The Balaban J connectivity index is 1.91. The molecule has 114 valence electrons. The van der Waals surface area contributed by atoms with Crippen LogP contribution in [0.5, 0.6) is 0 Å². The molecule has 0 aromatic heterocycles. The van der Waals surface area contributed by atoms with Gasteiger partial charge in [-0.3, -0.25) is 9.59 Å². The lowest BCUT2D eigenvalue weighted by molar-refractivity contribution is -0.149. The number of amides is 1. The maximum atomic E-state index is 12.2. The summed E-state index contributed by atoms with van der Waals surface area (Å²) in [4.78, 5) is 23.8. The summed E-state index contributed by atoms with van der Waals surface area (Å²) in [6.45, 7) is 0.304. The van der Waals surface area contributed by atoms with Crippen molar-refractivity contribution in [3.05, 3.63) is 0 Å². The molecule has 1 atom stereocenters. The third-order valence-corrected chi connectivity index (χ3v) is 5.96. The molecule has 2 N–H and O–H groups in total. The number of aliphatic carboxylic acids is 1. The summed E-state index contributed by atoms with van der Waals surface area (Å²) >= 11 is 1.71. The first-order valence-electron chi connectivity index (χ1n) is 7.77. The summed E-state index contributed by atoms with van der Waals surface area (Å²) in [6, 6.07) is 0. The van der Waals surface area contributed by atoms with E-state index in [1.807, 2.05) is 0 Å². The van der Waals surface area contributed by atoms with Crippen molar-refractivity contribution in [3.63, 3.8) is 0 Å². The van der Waals surface area contributed by atoms with Crippen LogP contribution in [-0.2, 0) is 9.59 Å². The molecule has 20 heavy (non-hydrogen) atoms. The fourth-order valence-corrected chi connectivity index (χ4v) is 4.41. The number of carboxylic acid groups (broad SMARTS) is 1. The van der Waals surface area contributed by atoms with E-state index in [1.165, 1.54) is 6.42 Å². The normalized spacial score (nSPS) is 26.5. The van der Waals surface area contributed by atoms with Gasteiger partial charge in [0.05, 0.1) is 10.7 Å². The highest BCUT2D eigenvalue weighted by Crippen LogP contribution is 2.35. The van der Waals surface area contributed by atoms with E-state index in [1.54, 1.807) is 11.8 Å². The van der Waals surface area contributed by atoms with Crippen LogP contribution in [0, 0.1) is 5.41 Å². The third-order valence-electron chi connectivity index (χ3n) is 4.59. The second-order valence-corrected chi connectivity index (χ2v) is 7.38. The second kappa shape index (κ2) is 7.34. The highest BCUT2D eigenvalue weighted by Gasteiger charge is 2.39. The highest BCUT2D eigenvalue weighted by atomic mass is 32.2. The first kappa shape index (κ1) is 15.7. The number of carbonyl (C=O) groups is 2. The first-order chi connectivity index (χ1) is 9.64. The van der Waals surface area contributed by atoms with E-state index in [9.17, 15) is 14.7 Å². The Labute approximate surface area is 125 Å². The van der Waals surface area contributed by atoms with Crippen molar-refractivity contribution in [3.8, 4) is 0 Å². The minimum absolute atomic E-state index is 0.0281. The predicted molar refractivity (Wildman–Crippen MR) is 80.9 cm³/mol. The summed E-state index contributed by atoms with van der Waals surface area (Å²) in [5, 5.41) is 12.5. The van der Waals surface area contributed by atoms with E-state index in [4.69, 9.17) is 0 Å². The molecule has 2 rings (SSSR count). The maximum absolute atomic E-state index is 12.2. The van der Waals surface area contributed by atoms with Gasteiger partial charge in [0.15, 0.2) is 0 Å². The van der Waals surface area contributed by atoms with Crippen LogP contribution in [0.4, 0.5) is 0 Å². The number of hydrogen-bond acceptors (Lipinski definition) is 3. The molecule has 0 aromatic carbocycles. The smallest absolute Gasteiger partial charge is 0.311 e. The number of hydrogen-bond donors (Lipinski definition) is 2. The number of carbonyl (C=O) groups excluding carboxylic acids is 1. The lowest BCUT2D eigenvalue weighted by atomic mass is 9.80. The molecule has 0 bridgehead atoms. The van der Waals surface area contributed by atoms with Crippen LogP contribution in [0.2, 0.25) is 0 Å². The zero-order valence-electron chi connectivity index (χ0n) is 12.0. The minimum atomic E-state index is -0.740. The van der Waals surface area contributed by atoms with E-state index in [0.29, 0.717) is 19.4 Å². The van der Waals surface area contributed by atoms with Crippen LogP contribution >= 0.6 is 11.8 Å². The fourth-order valence-electron chi connectivity index (χ4n) is 3.19. The molecule has 2 fully saturated rings. The number of rotatable bonds is 4. The summed E-state index contributed by atoms with van der Waals surface area (Å²) in [7, 11) is 0. The topological polar surface area (TPSA) is 66.4 Å². The zero-order chi connectivity index (χ0) is 14.4. The molecular formula is C15H25NO3S. The Morgan fingerprint density at radius 1 is 1.10 bits per heavy atom. The maximum Gasteiger partial charge on any atom is 0.311 e. The average Bonchev–Trinajstić information content (AvgIpc) is 2.72. The van der Waals surface area contributed by atoms with Gasteiger partial charge in [0.25, 0.3) is 0 Å². The Morgan fingerprint density at radius 3 is 2.35 bits per heavy atom. The van der Waals surface area contributed by atoms with Crippen molar-refractivity contribution in [2.75, 3.05) is 12.3 Å². The largest absolute Gasteiger partial charge is 0.481 e. The Kier molecular flexibility index (Phi) is 5.75. The van der Waals surface area contributed by atoms with Gasteiger partial charge in [-0.1, -0.05) is 32.1 Å². The van der Waals surface area contributed by atoms with Gasteiger partial charge in [0.2, 0.25) is 5.91 Å². The summed E-state index contributed by atoms with van der Waals surface area (Å²) < 4.78 is 0. The van der Waals surface area contributed by atoms with E-state index in [2.05, 4.69) is 5.32 Å². The van der Waals surface area contributed by atoms with Crippen LogP contribution in [0.25, 0.3) is 0 Å². The van der Waals surface area contributed by atoms with E-state index in [0.717, 1.165) is 44.3 Å². The van der Waals surface area contributed by atoms with Gasteiger partial charge in [-0.25, -0.2) is 0 Å². The van der Waals surface area contributed by atoms with Gasteiger partial charge in [-0.2, -0.15) is 0 Å². The third kappa shape index (κ3) is 3.90. The quantitative estimate of drug-likeness (QED) is 0.783. The SMILES string of the molecule is O=C(NCC1(C(=O)O)CCCCCC1)C1CCCCS1. The van der Waals surface area contributed by atoms with Gasteiger partial charge in [0, 0.05) is 6.54 Å². The molecule has 1 aliphatic carbocycles. The number of carboxylic acids is 1. The molecule has 1 unspecified atom stereocenters. The standard InChI is InChI=1S/C15H25NO3S/c17-13(12-7-3-6-10-20-12)16-11-15(14(18)19)8-4-1-2-5-9-15/h12H,1-11H2,(H,16,17)(H,18,19). The van der Waals surface area contributed by atoms with E-state index >= 15 is 0 Å². The first-order valence-corrected chi connectivity index (χ1v) is 8.82. The lowest BCUT2D eigenvalue weighted by Gasteiger charge is -2.29. The van der Waals surface area contributed by atoms with Crippen LogP contribution in [0.3, 0.4) is 0 Å². The van der Waals surface area contributed by atoms with Gasteiger partial charge in [0.1, 0.15) is 0 Å². The van der Waals surface area contributed by atoms with Crippen molar-refractivity contribution in [1.82, 2.24) is 5.32 Å². The Bertz CT molecular complexity index is 345. The molecule has 4 nitrogen and oxygen atoms in total. The molecule has 1 amide bonds. The molecular weight excluding hydrogens is 274 g/mol. The molecule has 1 saturated carbocycles. The molecule has 0 aromatic rings. The molecule has 1 heterocycles. The van der Waals surface area contributed by atoms with Crippen LogP contribution in [0.15, 0.2) is 0 Å². The van der Waals surface area contributed by atoms with Crippen molar-refractivity contribution >= 4 is 23.6 Å². The van der Waals surface area contributed by atoms with Crippen LogP contribution in [-0.4, -0.2) is 34.5 Å². The predicted octanol–water partition coefficient (Wildman–Crippen LogP) is 2.81. The Morgan fingerprint density at radius 2 is 1.80 bits per heavy atom. The van der Waals surface area contributed by atoms with E-state index < -0.39 is 11.4 Å². The van der Waals surface area contributed by atoms with Crippen molar-refractivity contribution in [2.45, 2.75) is 63.0 Å². The number of thioether (sulfide) groups is 1. The minimum Gasteiger partial charge on any atom is -0.481 e. The lowest BCUT2D eigenvalue weighted by Crippen LogP contribution is -2.45. The molecule has 0 spiro atoms. The van der Waals surface area contributed by atoms with Crippen molar-refractivity contribution in [2.24, 2.45) is 5.41 Å². The monoisotopic (exact) mass is 299 g/mol. The van der Waals surface area contributed by atoms with Gasteiger partial charge < -0.3 is 10.4 Å². The van der Waals surface area contributed by atoms with Gasteiger partial charge in [-0.05, 0) is 31.4 Å². The molecule has 1 saturated heterocycles. The van der Waals surface area contributed by atoms with E-state index in [-0.39, 0.29) is 11.2 Å². The molecule has 5 heteroatoms. The highest BCUT2D eigenvalue weighted by molar-refractivity contribution is 8.00. The van der Waals surface area contributed by atoms with Crippen LogP contribution in [0.1, 0.15) is 57.8 Å². The summed E-state index contributed by atoms with van der Waals surface area (Å²) in [6.07, 6.45) is 8.75. The summed E-state index contributed by atoms with van der Waals surface area (Å²) in [5.41, 5.74) is -0.731. The van der Waals surface area contributed by atoms with Crippen LogP contribution < -0.4 is 5.32 Å². The van der Waals surface area contributed by atoms with Crippen molar-refractivity contribution in [1.29, 1.82) is 0 Å². The Hall–Kier alpha value is -0.710. The van der Waals surface area contributed by atoms with Crippen molar-refractivity contribution < 1.29 is 14.7 Å². The molecule has 1 aliphatic heterocycles. The zero-order valence-corrected chi connectivity index (χ0v) is 12.8.